The molecule has 0 amide bonds. The van der Waals surface area contributed by atoms with Crippen molar-refractivity contribution in [3.05, 3.63) is 30.1 Å². The standard InChI is InChI=1S/C17H24N4/c1-4-11-21-16(18)15(19-17(21)13-5-6-13)12-7-9-14(10-8-12)20(2)3/h7-10,13H,4-6,11,18H2,1-3H3. The van der Waals surface area contributed by atoms with Gasteiger partial charge in [0, 0.05) is 37.8 Å². The van der Waals surface area contributed by atoms with Crippen molar-refractivity contribution < 1.29 is 0 Å². The van der Waals surface area contributed by atoms with Crippen molar-refractivity contribution in [1.29, 1.82) is 0 Å². The number of nitrogens with two attached hydrogens (primary N) is 1. The van der Waals surface area contributed by atoms with Crippen molar-refractivity contribution in [3.8, 4) is 11.3 Å². The maximum atomic E-state index is 6.38. The quantitative estimate of drug-likeness (QED) is 0.914. The van der Waals surface area contributed by atoms with Crippen LogP contribution in [-0.4, -0.2) is 23.6 Å². The van der Waals surface area contributed by atoms with E-state index in [0.717, 1.165) is 30.0 Å². The molecule has 0 atom stereocenters. The molecule has 0 unspecified atom stereocenters. The molecule has 0 radical (unpaired) electrons. The molecule has 1 aromatic carbocycles. The average Bonchev–Trinajstić information content (AvgIpc) is 3.26. The summed E-state index contributed by atoms with van der Waals surface area (Å²) in [7, 11) is 4.09. The minimum atomic E-state index is 0.619. The Morgan fingerprint density at radius 2 is 1.90 bits per heavy atom. The summed E-state index contributed by atoms with van der Waals surface area (Å²) in [5, 5.41) is 0. The van der Waals surface area contributed by atoms with E-state index in [1.54, 1.807) is 0 Å². The molecule has 1 aliphatic carbocycles. The Morgan fingerprint density at radius 1 is 1.24 bits per heavy atom. The lowest BCUT2D eigenvalue weighted by Gasteiger charge is -2.12. The van der Waals surface area contributed by atoms with Gasteiger partial charge < -0.3 is 15.2 Å². The van der Waals surface area contributed by atoms with Crippen LogP contribution in [0.15, 0.2) is 24.3 Å². The van der Waals surface area contributed by atoms with Gasteiger partial charge in [0.05, 0.1) is 0 Å². The van der Waals surface area contributed by atoms with Gasteiger partial charge in [-0.25, -0.2) is 4.98 Å². The lowest BCUT2D eigenvalue weighted by atomic mass is 10.1. The summed E-state index contributed by atoms with van der Waals surface area (Å²) in [6.45, 7) is 3.14. The topological polar surface area (TPSA) is 47.1 Å². The number of hydrogen-bond donors (Lipinski definition) is 1. The van der Waals surface area contributed by atoms with Crippen molar-refractivity contribution >= 4 is 11.5 Å². The van der Waals surface area contributed by atoms with Gasteiger partial charge in [0.2, 0.25) is 0 Å². The molecule has 0 spiro atoms. The number of benzene rings is 1. The second kappa shape index (κ2) is 5.43. The summed E-state index contributed by atoms with van der Waals surface area (Å²) in [5.74, 6) is 2.62. The van der Waals surface area contributed by atoms with Crippen LogP contribution < -0.4 is 10.6 Å². The third-order valence-electron chi connectivity index (χ3n) is 4.08. The van der Waals surface area contributed by atoms with Crippen LogP contribution in [0.3, 0.4) is 0 Å². The molecule has 0 bridgehead atoms. The van der Waals surface area contributed by atoms with E-state index in [1.807, 2.05) is 14.1 Å². The van der Waals surface area contributed by atoms with Crippen LogP contribution in [0, 0.1) is 0 Å². The second-order valence-corrected chi connectivity index (χ2v) is 6.07. The highest BCUT2D eigenvalue weighted by Gasteiger charge is 2.30. The molecule has 4 nitrogen and oxygen atoms in total. The minimum absolute atomic E-state index is 0.619. The molecule has 3 rings (SSSR count). The zero-order chi connectivity index (χ0) is 15.0. The first-order valence-corrected chi connectivity index (χ1v) is 7.75. The summed E-state index contributed by atoms with van der Waals surface area (Å²) >= 11 is 0. The number of hydrogen-bond acceptors (Lipinski definition) is 3. The highest BCUT2D eigenvalue weighted by molar-refractivity contribution is 5.72. The number of anilines is 2. The first-order chi connectivity index (χ1) is 10.1. The van der Waals surface area contributed by atoms with E-state index in [0.29, 0.717) is 5.92 Å². The van der Waals surface area contributed by atoms with Crippen LogP contribution in [0.5, 0.6) is 0 Å². The Balaban J connectivity index is 1.99. The third-order valence-corrected chi connectivity index (χ3v) is 4.08. The van der Waals surface area contributed by atoms with E-state index < -0.39 is 0 Å². The zero-order valence-corrected chi connectivity index (χ0v) is 13.1. The number of rotatable bonds is 5. The largest absolute Gasteiger partial charge is 0.383 e. The molecule has 0 aliphatic heterocycles. The number of imidazole rings is 1. The van der Waals surface area contributed by atoms with E-state index in [2.05, 4.69) is 40.7 Å². The van der Waals surface area contributed by atoms with E-state index >= 15 is 0 Å². The van der Waals surface area contributed by atoms with Crippen LogP contribution in [0.1, 0.15) is 37.9 Å². The summed E-state index contributed by atoms with van der Waals surface area (Å²) < 4.78 is 2.22. The lowest BCUT2D eigenvalue weighted by molar-refractivity contribution is 0.646. The van der Waals surface area contributed by atoms with E-state index in [9.17, 15) is 0 Å². The Kier molecular flexibility index (Phi) is 3.62. The highest BCUT2D eigenvalue weighted by Crippen LogP contribution is 2.42. The molecule has 1 aliphatic rings. The molecule has 112 valence electrons. The molecule has 2 N–H and O–H groups in total. The smallest absolute Gasteiger partial charge is 0.131 e. The summed E-state index contributed by atoms with van der Waals surface area (Å²) in [6.07, 6.45) is 3.58. The van der Waals surface area contributed by atoms with E-state index in [4.69, 9.17) is 10.7 Å². The van der Waals surface area contributed by atoms with Crippen LogP contribution in [0.25, 0.3) is 11.3 Å². The fourth-order valence-corrected chi connectivity index (χ4v) is 2.73. The Bertz CT molecular complexity index is 621. The fourth-order valence-electron chi connectivity index (χ4n) is 2.73. The molecule has 0 saturated heterocycles. The van der Waals surface area contributed by atoms with Gasteiger partial charge in [0.25, 0.3) is 0 Å². The van der Waals surface area contributed by atoms with Gasteiger partial charge in [-0.1, -0.05) is 19.1 Å². The van der Waals surface area contributed by atoms with E-state index in [-0.39, 0.29) is 0 Å². The number of nitrogens with zero attached hydrogens (tertiary/aromatic N) is 3. The average molecular weight is 284 g/mol. The monoisotopic (exact) mass is 284 g/mol. The Labute approximate surface area is 126 Å². The second-order valence-electron chi connectivity index (χ2n) is 6.07. The van der Waals surface area contributed by atoms with Crippen LogP contribution in [0.2, 0.25) is 0 Å². The number of nitrogen functional groups attached to an aromatic ring is 1. The van der Waals surface area contributed by atoms with Gasteiger partial charge in [-0.3, -0.25) is 0 Å². The Hall–Kier alpha value is -1.97. The molecular weight excluding hydrogens is 260 g/mol. The summed E-state index contributed by atoms with van der Waals surface area (Å²) in [6, 6.07) is 8.46. The van der Waals surface area contributed by atoms with E-state index in [1.165, 1.54) is 24.4 Å². The Morgan fingerprint density at radius 3 is 2.43 bits per heavy atom. The SMILES string of the molecule is CCCn1c(C2CC2)nc(-c2ccc(N(C)C)cc2)c1N. The van der Waals surface area contributed by atoms with Gasteiger partial charge in [0.15, 0.2) is 0 Å². The molecule has 4 heteroatoms. The van der Waals surface area contributed by atoms with Crippen molar-refractivity contribution in [2.45, 2.75) is 38.6 Å². The third kappa shape index (κ3) is 2.62. The van der Waals surface area contributed by atoms with Gasteiger partial charge in [-0.2, -0.15) is 0 Å². The van der Waals surface area contributed by atoms with Gasteiger partial charge in [-0.05, 0) is 31.4 Å². The maximum absolute atomic E-state index is 6.38. The first kappa shape index (κ1) is 14.0. The molecule has 1 aromatic heterocycles. The predicted molar refractivity (Wildman–Crippen MR) is 88.7 cm³/mol. The van der Waals surface area contributed by atoms with Gasteiger partial charge in [0.1, 0.15) is 17.3 Å². The molecule has 1 fully saturated rings. The van der Waals surface area contributed by atoms with Gasteiger partial charge in [-0.15, -0.1) is 0 Å². The van der Waals surface area contributed by atoms with Crippen LogP contribution in [0.4, 0.5) is 11.5 Å². The lowest BCUT2D eigenvalue weighted by Crippen LogP contribution is -2.08. The van der Waals surface area contributed by atoms with Crippen molar-refractivity contribution in [3.63, 3.8) is 0 Å². The van der Waals surface area contributed by atoms with Crippen LogP contribution >= 0.6 is 0 Å². The number of aromatic nitrogens is 2. The minimum Gasteiger partial charge on any atom is -0.383 e. The molecular formula is C17H24N4. The zero-order valence-electron chi connectivity index (χ0n) is 13.1. The van der Waals surface area contributed by atoms with Crippen LogP contribution in [-0.2, 0) is 6.54 Å². The summed E-state index contributed by atoms with van der Waals surface area (Å²) in [4.78, 5) is 6.96. The van der Waals surface area contributed by atoms with Crippen molar-refractivity contribution in [1.82, 2.24) is 9.55 Å². The fraction of sp³-hybridized carbons (Fsp3) is 0.471. The van der Waals surface area contributed by atoms with Gasteiger partial charge >= 0.3 is 0 Å². The molecule has 1 saturated carbocycles. The predicted octanol–water partition coefficient (Wildman–Crippen LogP) is 3.49. The molecule has 2 aromatic rings. The van der Waals surface area contributed by atoms with Crippen molar-refractivity contribution in [2.24, 2.45) is 0 Å². The van der Waals surface area contributed by atoms with Crippen molar-refractivity contribution in [2.75, 3.05) is 24.7 Å². The highest BCUT2D eigenvalue weighted by atomic mass is 15.1. The first-order valence-electron chi connectivity index (χ1n) is 7.75. The molecule has 1 heterocycles. The summed E-state index contributed by atoms with van der Waals surface area (Å²) in [5.41, 5.74) is 9.61. The molecule has 21 heavy (non-hydrogen) atoms. The normalized spacial score (nSPS) is 14.4. The maximum Gasteiger partial charge on any atom is 0.131 e.